The van der Waals surface area contributed by atoms with E-state index in [0.29, 0.717) is 38.0 Å². The van der Waals surface area contributed by atoms with Crippen LogP contribution in [0.1, 0.15) is 38.5 Å². The molecule has 0 amide bonds. The minimum atomic E-state index is -4.83. The lowest BCUT2D eigenvalue weighted by Crippen LogP contribution is -2.49. The SMILES string of the molecule is O=C(O)C1CCN(C2=C(C(=O)C(F)(F)F)C3CCCCC23)CC1. The van der Waals surface area contributed by atoms with E-state index in [1.165, 1.54) is 0 Å². The molecule has 4 nitrogen and oxygen atoms in total. The number of piperidine rings is 1. The van der Waals surface area contributed by atoms with Crippen molar-refractivity contribution in [3.05, 3.63) is 11.3 Å². The van der Waals surface area contributed by atoms with Crippen molar-refractivity contribution in [3.63, 3.8) is 0 Å². The summed E-state index contributed by atoms with van der Waals surface area (Å²) < 4.78 is 38.7. The maximum absolute atomic E-state index is 12.9. The van der Waals surface area contributed by atoms with Crippen LogP contribution in [-0.4, -0.2) is 41.0 Å². The van der Waals surface area contributed by atoms with E-state index in [9.17, 15) is 22.8 Å². The molecule has 2 unspecified atom stereocenters. The van der Waals surface area contributed by atoms with Crippen molar-refractivity contribution in [3.8, 4) is 0 Å². The standard InChI is InChI=1S/C16H20F3NO3/c17-16(18,19)14(21)12-10-3-1-2-4-11(10)13(12)20-7-5-9(6-8-20)15(22)23/h9-11H,1-8H2,(H,22,23). The molecule has 3 aliphatic rings. The van der Waals surface area contributed by atoms with E-state index >= 15 is 0 Å². The molecule has 2 fully saturated rings. The number of allylic oxidation sites excluding steroid dienone is 2. The van der Waals surface area contributed by atoms with Crippen LogP contribution in [0.2, 0.25) is 0 Å². The van der Waals surface area contributed by atoms with Gasteiger partial charge in [0.15, 0.2) is 0 Å². The van der Waals surface area contributed by atoms with Gasteiger partial charge in [-0.25, -0.2) is 0 Å². The Labute approximate surface area is 132 Å². The molecular formula is C16H20F3NO3. The largest absolute Gasteiger partial charge is 0.481 e. The number of nitrogens with zero attached hydrogens (tertiary/aromatic N) is 1. The summed E-state index contributed by atoms with van der Waals surface area (Å²) in [7, 11) is 0. The molecule has 0 aromatic heterocycles. The van der Waals surface area contributed by atoms with Gasteiger partial charge in [0, 0.05) is 30.3 Å². The molecule has 0 radical (unpaired) electrons. The number of hydrogen-bond acceptors (Lipinski definition) is 3. The second-order valence-corrected chi connectivity index (χ2v) is 6.72. The van der Waals surface area contributed by atoms with Crippen molar-refractivity contribution in [1.29, 1.82) is 0 Å². The van der Waals surface area contributed by atoms with Crippen LogP contribution in [-0.2, 0) is 9.59 Å². The number of carboxylic acid groups (broad SMARTS) is 1. The van der Waals surface area contributed by atoms with Crippen molar-refractivity contribution in [2.45, 2.75) is 44.7 Å². The highest BCUT2D eigenvalue weighted by Gasteiger charge is 2.53. The Morgan fingerprint density at radius 2 is 1.57 bits per heavy atom. The van der Waals surface area contributed by atoms with Gasteiger partial charge in [-0.1, -0.05) is 12.8 Å². The van der Waals surface area contributed by atoms with Gasteiger partial charge >= 0.3 is 12.1 Å². The van der Waals surface area contributed by atoms with E-state index in [0.717, 1.165) is 19.3 Å². The molecule has 7 heteroatoms. The minimum absolute atomic E-state index is 0.0454. The maximum Gasteiger partial charge on any atom is 0.454 e. The Hall–Kier alpha value is -1.53. The topological polar surface area (TPSA) is 57.6 Å². The fourth-order valence-corrected chi connectivity index (χ4v) is 4.31. The number of alkyl halides is 3. The Kier molecular flexibility index (Phi) is 4.14. The minimum Gasteiger partial charge on any atom is -0.481 e. The number of Topliss-reactive ketones (excluding diaryl/α,β-unsaturated/α-hetero) is 1. The summed E-state index contributed by atoms with van der Waals surface area (Å²) in [6, 6.07) is 0. The lowest BCUT2D eigenvalue weighted by atomic mass is 9.62. The number of carbonyl (C=O) groups is 2. The number of hydrogen-bond donors (Lipinski definition) is 1. The van der Waals surface area contributed by atoms with Gasteiger partial charge in [-0.3, -0.25) is 9.59 Å². The van der Waals surface area contributed by atoms with E-state index in [4.69, 9.17) is 5.11 Å². The Morgan fingerprint density at radius 3 is 2.09 bits per heavy atom. The van der Waals surface area contributed by atoms with Gasteiger partial charge < -0.3 is 10.0 Å². The second kappa shape index (κ2) is 5.83. The zero-order chi connectivity index (χ0) is 16.8. The number of rotatable bonds is 3. The van der Waals surface area contributed by atoms with Crippen LogP contribution in [0, 0.1) is 17.8 Å². The van der Waals surface area contributed by atoms with Crippen LogP contribution in [0.25, 0.3) is 0 Å². The number of halogens is 3. The van der Waals surface area contributed by atoms with E-state index in [1.54, 1.807) is 0 Å². The molecule has 1 N–H and O–H groups in total. The van der Waals surface area contributed by atoms with Crippen LogP contribution < -0.4 is 0 Å². The first-order chi connectivity index (χ1) is 10.8. The summed E-state index contributed by atoms with van der Waals surface area (Å²) in [4.78, 5) is 24.7. The molecule has 1 saturated carbocycles. The van der Waals surface area contributed by atoms with Crippen molar-refractivity contribution in [1.82, 2.24) is 4.90 Å². The Morgan fingerprint density at radius 1 is 1.00 bits per heavy atom. The van der Waals surface area contributed by atoms with Crippen LogP contribution in [0.4, 0.5) is 13.2 Å². The molecular weight excluding hydrogens is 311 g/mol. The second-order valence-electron chi connectivity index (χ2n) is 6.72. The summed E-state index contributed by atoms with van der Waals surface area (Å²) in [5, 5.41) is 9.04. The summed E-state index contributed by atoms with van der Waals surface area (Å²) in [5.74, 6) is -3.20. The number of carboxylic acids is 1. The lowest BCUT2D eigenvalue weighted by molar-refractivity contribution is -0.168. The molecule has 23 heavy (non-hydrogen) atoms. The quantitative estimate of drug-likeness (QED) is 0.864. The molecule has 0 aromatic carbocycles. The molecule has 0 spiro atoms. The van der Waals surface area contributed by atoms with E-state index in [1.807, 2.05) is 4.90 Å². The third-order valence-corrected chi connectivity index (χ3v) is 5.45. The van der Waals surface area contributed by atoms with Crippen molar-refractivity contribution in [2.75, 3.05) is 13.1 Å². The number of fused-ring (bicyclic) bond motifs is 1. The Balaban J connectivity index is 1.84. The Bertz CT molecular complexity index is 547. The fourth-order valence-electron chi connectivity index (χ4n) is 4.31. The summed E-state index contributed by atoms with van der Waals surface area (Å²) in [6.07, 6.45) is -0.672. The molecule has 128 valence electrons. The molecule has 1 aliphatic heterocycles. The first-order valence-corrected chi connectivity index (χ1v) is 8.14. The normalized spacial score (nSPS) is 29.1. The number of carbonyl (C=O) groups excluding carboxylic acids is 1. The molecule has 3 rings (SSSR count). The van der Waals surface area contributed by atoms with Gasteiger partial charge in [-0.15, -0.1) is 0 Å². The van der Waals surface area contributed by atoms with Crippen molar-refractivity contribution in [2.24, 2.45) is 17.8 Å². The number of likely N-dealkylation sites (tertiary alicyclic amines) is 1. The molecule has 2 atom stereocenters. The highest BCUT2D eigenvalue weighted by atomic mass is 19.4. The van der Waals surface area contributed by atoms with Gasteiger partial charge in [0.05, 0.1) is 5.92 Å². The van der Waals surface area contributed by atoms with E-state index in [-0.39, 0.29) is 17.4 Å². The molecule has 0 bridgehead atoms. The highest BCUT2D eigenvalue weighted by Crippen LogP contribution is 2.53. The van der Waals surface area contributed by atoms with Gasteiger partial charge in [-0.05, 0) is 31.6 Å². The molecule has 2 aliphatic carbocycles. The van der Waals surface area contributed by atoms with Crippen molar-refractivity contribution >= 4 is 11.8 Å². The third kappa shape index (κ3) is 2.85. The average Bonchev–Trinajstić information content (AvgIpc) is 2.48. The first kappa shape index (κ1) is 16.3. The predicted octanol–water partition coefficient (Wildman–Crippen LogP) is 2.99. The van der Waals surface area contributed by atoms with Crippen LogP contribution in [0.3, 0.4) is 0 Å². The highest BCUT2D eigenvalue weighted by molar-refractivity contribution is 6.02. The molecule has 1 saturated heterocycles. The zero-order valence-corrected chi connectivity index (χ0v) is 12.7. The van der Waals surface area contributed by atoms with Crippen molar-refractivity contribution < 1.29 is 27.9 Å². The van der Waals surface area contributed by atoms with Gasteiger partial charge in [0.2, 0.25) is 0 Å². The van der Waals surface area contributed by atoms with Crippen LogP contribution in [0.5, 0.6) is 0 Å². The van der Waals surface area contributed by atoms with Crippen LogP contribution in [0.15, 0.2) is 11.3 Å². The predicted molar refractivity (Wildman–Crippen MR) is 75.5 cm³/mol. The monoisotopic (exact) mass is 331 g/mol. The number of ketones is 1. The smallest absolute Gasteiger partial charge is 0.454 e. The van der Waals surface area contributed by atoms with Gasteiger partial charge in [-0.2, -0.15) is 13.2 Å². The maximum atomic E-state index is 12.9. The van der Waals surface area contributed by atoms with Crippen LogP contribution >= 0.6 is 0 Å². The average molecular weight is 331 g/mol. The van der Waals surface area contributed by atoms with Gasteiger partial charge in [0.1, 0.15) is 0 Å². The molecule has 0 aromatic rings. The number of aliphatic carboxylic acids is 1. The first-order valence-electron chi connectivity index (χ1n) is 8.14. The summed E-state index contributed by atoms with van der Waals surface area (Å²) in [6.45, 7) is 0.842. The van der Waals surface area contributed by atoms with E-state index in [2.05, 4.69) is 0 Å². The summed E-state index contributed by atoms with van der Waals surface area (Å²) in [5.41, 5.74) is 0.511. The lowest BCUT2D eigenvalue weighted by Gasteiger charge is -2.50. The third-order valence-electron chi connectivity index (χ3n) is 5.45. The zero-order valence-electron chi connectivity index (χ0n) is 12.7. The van der Waals surface area contributed by atoms with E-state index < -0.39 is 23.8 Å². The van der Waals surface area contributed by atoms with Gasteiger partial charge in [0.25, 0.3) is 5.78 Å². The molecule has 1 heterocycles. The fraction of sp³-hybridized carbons (Fsp3) is 0.750. The summed E-state index contributed by atoms with van der Waals surface area (Å²) >= 11 is 0.